The van der Waals surface area contributed by atoms with E-state index in [1.54, 1.807) is 36.4 Å². The van der Waals surface area contributed by atoms with Crippen LogP contribution in [-0.2, 0) is 0 Å². The summed E-state index contributed by atoms with van der Waals surface area (Å²) in [7, 11) is 0. The van der Waals surface area contributed by atoms with Gasteiger partial charge in [0.25, 0.3) is 5.91 Å². The van der Waals surface area contributed by atoms with Crippen molar-refractivity contribution in [2.24, 2.45) is 5.10 Å². The summed E-state index contributed by atoms with van der Waals surface area (Å²) in [6.07, 6.45) is -0.980. The molecule has 0 saturated carbocycles. The maximum atomic E-state index is 12.4. The predicted octanol–water partition coefficient (Wildman–Crippen LogP) is 3.14. The highest BCUT2D eigenvalue weighted by Gasteiger charge is 2.18. The lowest BCUT2D eigenvalue weighted by molar-refractivity contribution is 0.0955. The number of aliphatic hydroxyl groups excluding tert-OH is 1. The predicted molar refractivity (Wildman–Crippen MR) is 103 cm³/mol. The molecule has 0 aromatic heterocycles. The lowest BCUT2D eigenvalue weighted by atomic mass is 9.99. The maximum Gasteiger partial charge on any atom is 0.273 e. The van der Waals surface area contributed by atoms with Crippen molar-refractivity contribution in [3.05, 3.63) is 102 Å². The molecule has 0 radical (unpaired) electrons. The van der Waals surface area contributed by atoms with Gasteiger partial charge in [0.1, 0.15) is 11.8 Å². The van der Waals surface area contributed by atoms with Crippen molar-refractivity contribution < 1.29 is 9.90 Å². The van der Waals surface area contributed by atoms with E-state index in [1.807, 2.05) is 48.5 Å². The number of amides is 1. The third kappa shape index (κ3) is 3.96. The third-order valence-electron chi connectivity index (χ3n) is 3.93. The highest BCUT2D eigenvalue weighted by atomic mass is 16.3. The number of hydrazone groups is 1. The number of hydrogen-bond acceptors (Lipinski definition) is 4. The van der Waals surface area contributed by atoms with Gasteiger partial charge in [-0.05, 0) is 17.7 Å². The first kappa shape index (κ1) is 17.4. The number of hydrogen-bond donors (Lipinski definition) is 3. The monoisotopic (exact) mass is 345 g/mol. The van der Waals surface area contributed by atoms with Crippen molar-refractivity contribution in [1.29, 1.82) is 0 Å². The molecule has 3 rings (SSSR count). The molecule has 3 aromatic rings. The zero-order chi connectivity index (χ0) is 18.4. The highest BCUT2D eigenvalue weighted by molar-refractivity contribution is 6.06. The minimum Gasteiger partial charge on any atom is -0.398 e. The molecule has 26 heavy (non-hydrogen) atoms. The first-order valence-corrected chi connectivity index (χ1v) is 8.17. The number of nitrogens with zero attached hydrogens (tertiary/aromatic N) is 1. The van der Waals surface area contributed by atoms with Crippen molar-refractivity contribution in [2.75, 3.05) is 5.73 Å². The molecule has 0 spiro atoms. The van der Waals surface area contributed by atoms with Crippen LogP contribution in [0.2, 0.25) is 0 Å². The number of benzene rings is 3. The zero-order valence-electron chi connectivity index (χ0n) is 14.0. The van der Waals surface area contributed by atoms with Gasteiger partial charge in [0, 0.05) is 11.3 Å². The molecule has 0 aliphatic heterocycles. The molecule has 0 aliphatic carbocycles. The number of carbonyl (C=O) groups is 1. The van der Waals surface area contributed by atoms with Crippen LogP contribution in [0.15, 0.2) is 90.0 Å². The van der Waals surface area contributed by atoms with Crippen LogP contribution in [0.1, 0.15) is 27.6 Å². The van der Waals surface area contributed by atoms with Gasteiger partial charge >= 0.3 is 0 Å². The van der Waals surface area contributed by atoms with Crippen molar-refractivity contribution in [2.45, 2.75) is 6.10 Å². The maximum absolute atomic E-state index is 12.4. The summed E-state index contributed by atoms with van der Waals surface area (Å²) in [5.41, 5.74) is 10.8. The quantitative estimate of drug-likeness (QED) is 0.377. The first-order valence-electron chi connectivity index (χ1n) is 8.17. The number of nitrogens with two attached hydrogens (primary N) is 1. The van der Waals surface area contributed by atoms with Crippen LogP contribution in [-0.4, -0.2) is 16.7 Å². The summed E-state index contributed by atoms with van der Waals surface area (Å²) in [6, 6.07) is 25.1. The van der Waals surface area contributed by atoms with E-state index in [0.29, 0.717) is 28.1 Å². The van der Waals surface area contributed by atoms with E-state index in [4.69, 9.17) is 5.73 Å². The van der Waals surface area contributed by atoms with Crippen LogP contribution >= 0.6 is 0 Å². The van der Waals surface area contributed by atoms with Crippen LogP contribution in [0.4, 0.5) is 5.69 Å². The molecule has 130 valence electrons. The summed E-state index contributed by atoms with van der Waals surface area (Å²) in [5, 5.41) is 15.0. The Morgan fingerprint density at radius 3 is 2.12 bits per heavy atom. The molecule has 0 fully saturated rings. The van der Waals surface area contributed by atoms with Crippen molar-refractivity contribution in [3.8, 4) is 0 Å². The zero-order valence-corrected chi connectivity index (χ0v) is 14.0. The highest BCUT2D eigenvalue weighted by Crippen LogP contribution is 2.19. The van der Waals surface area contributed by atoms with Gasteiger partial charge in [-0.15, -0.1) is 0 Å². The van der Waals surface area contributed by atoms with Crippen LogP contribution in [0.25, 0.3) is 0 Å². The molecule has 5 heteroatoms. The molecular formula is C21H19N3O2. The van der Waals surface area contributed by atoms with E-state index < -0.39 is 12.0 Å². The summed E-state index contributed by atoms with van der Waals surface area (Å²) >= 11 is 0. The fraction of sp³-hybridized carbons (Fsp3) is 0.0476. The number of rotatable bonds is 5. The fourth-order valence-electron chi connectivity index (χ4n) is 2.56. The van der Waals surface area contributed by atoms with Gasteiger partial charge in [-0.2, -0.15) is 5.10 Å². The molecule has 0 aliphatic rings. The average Bonchev–Trinajstić information content (AvgIpc) is 2.69. The van der Waals surface area contributed by atoms with Gasteiger partial charge in [0.15, 0.2) is 0 Å². The SMILES string of the molecule is Nc1ccccc1C(=O)NN=C(c1ccccc1)C(O)c1ccccc1. The number of para-hydroxylation sites is 1. The second kappa shape index (κ2) is 8.09. The molecule has 0 bridgehead atoms. The van der Waals surface area contributed by atoms with Gasteiger partial charge in [-0.25, -0.2) is 5.43 Å². The van der Waals surface area contributed by atoms with Crippen LogP contribution in [0, 0.1) is 0 Å². The average molecular weight is 345 g/mol. The van der Waals surface area contributed by atoms with Gasteiger partial charge in [-0.3, -0.25) is 4.79 Å². The van der Waals surface area contributed by atoms with Crippen molar-refractivity contribution >= 4 is 17.3 Å². The number of nitrogen functional groups attached to an aromatic ring is 1. The molecule has 0 saturated heterocycles. The Kier molecular flexibility index (Phi) is 5.41. The molecule has 1 amide bonds. The van der Waals surface area contributed by atoms with Crippen LogP contribution < -0.4 is 11.2 Å². The lowest BCUT2D eigenvalue weighted by Crippen LogP contribution is -2.24. The van der Waals surface area contributed by atoms with E-state index in [9.17, 15) is 9.90 Å². The van der Waals surface area contributed by atoms with Crippen LogP contribution in [0.3, 0.4) is 0 Å². The molecular weight excluding hydrogens is 326 g/mol. The minimum absolute atomic E-state index is 0.331. The number of aliphatic hydroxyl groups is 1. The molecule has 5 nitrogen and oxygen atoms in total. The standard InChI is InChI=1S/C21H19N3O2/c22-18-14-8-7-13-17(18)21(26)24-23-19(15-9-3-1-4-10-15)20(25)16-11-5-2-6-12-16/h1-14,20,25H,22H2,(H,24,26). The van der Waals surface area contributed by atoms with Gasteiger partial charge < -0.3 is 10.8 Å². The van der Waals surface area contributed by atoms with Gasteiger partial charge in [-0.1, -0.05) is 72.8 Å². The molecule has 1 unspecified atom stereocenters. The van der Waals surface area contributed by atoms with Gasteiger partial charge in [0.05, 0.1) is 5.56 Å². The second-order valence-electron chi connectivity index (χ2n) is 5.70. The lowest BCUT2D eigenvalue weighted by Gasteiger charge is -2.15. The largest absolute Gasteiger partial charge is 0.398 e. The Labute approximate surface area is 151 Å². The van der Waals surface area contributed by atoms with E-state index >= 15 is 0 Å². The Hall–Kier alpha value is -3.44. The number of anilines is 1. The summed E-state index contributed by atoms with van der Waals surface area (Å²) in [4.78, 5) is 12.4. The molecule has 1 atom stereocenters. The Bertz CT molecular complexity index is 909. The van der Waals surface area contributed by atoms with E-state index in [0.717, 1.165) is 0 Å². The smallest absolute Gasteiger partial charge is 0.273 e. The topological polar surface area (TPSA) is 87.7 Å². The Balaban J connectivity index is 1.92. The second-order valence-corrected chi connectivity index (χ2v) is 5.70. The van der Waals surface area contributed by atoms with Crippen molar-refractivity contribution in [3.63, 3.8) is 0 Å². The summed E-state index contributed by atoms with van der Waals surface area (Å²) in [5.74, 6) is -0.434. The third-order valence-corrected chi connectivity index (χ3v) is 3.93. The summed E-state index contributed by atoms with van der Waals surface area (Å²) < 4.78 is 0. The first-order chi connectivity index (χ1) is 12.7. The van der Waals surface area contributed by atoms with E-state index in [-0.39, 0.29) is 0 Å². The number of nitrogens with one attached hydrogen (secondary N) is 1. The summed E-state index contributed by atoms with van der Waals surface area (Å²) in [6.45, 7) is 0. The minimum atomic E-state index is -0.980. The van der Waals surface area contributed by atoms with Gasteiger partial charge in [0.2, 0.25) is 0 Å². The van der Waals surface area contributed by atoms with Crippen LogP contribution in [0.5, 0.6) is 0 Å². The fourth-order valence-corrected chi connectivity index (χ4v) is 2.56. The Morgan fingerprint density at radius 2 is 1.46 bits per heavy atom. The molecule has 4 N–H and O–H groups in total. The molecule has 0 heterocycles. The molecule has 3 aromatic carbocycles. The number of carbonyl (C=O) groups excluding carboxylic acids is 1. The normalized spacial score (nSPS) is 12.4. The Morgan fingerprint density at radius 1 is 0.885 bits per heavy atom. The van der Waals surface area contributed by atoms with Crippen molar-refractivity contribution in [1.82, 2.24) is 5.43 Å². The van der Waals surface area contributed by atoms with E-state index in [1.165, 1.54) is 0 Å². The van der Waals surface area contributed by atoms with E-state index in [2.05, 4.69) is 10.5 Å².